The van der Waals surface area contributed by atoms with Crippen molar-refractivity contribution in [3.8, 4) is 0 Å². The molecule has 9 heteroatoms. The molecule has 1 aromatic carbocycles. The summed E-state index contributed by atoms with van der Waals surface area (Å²) in [5.41, 5.74) is 0.819. The van der Waals surface area contributed by atoms with E-state index in [1.54, 1.807) is 31.2 Å². The van der Waals surface area contributed by atoms with E-state index in [9.17, 15) is 14.4 Å². The van der Waals surface area contributed by atoms with E-state index < -0.39 is 11.2 Å². The highest BCUT2D eigenvalue weighted by Gasteiger charge is 2.40. The summed E-state index contributed by atoms with van der Waals surface area (Å²) < 4.78 is 5.59. The van der Waals surface area contributed by atoms with Crippen LogP contribution in [0.4, 0.5) is 5.69 Å². The van der Waals surface area contributed by atoms with Gasteiger partial charge in [0.05, 0.1) is 17.9 Å². The third-order valence-electron chi connectivity index (χ3n) is 3.49. The SMILES string of the molecule is CCOC(=O)c1ccc(N2C(=O)C[C@H](Sc3nnc(C)s3)C2=O)cc1. The van der Waals surface area contributed by atoms with Crippen LogP contribution in [-0.2, 0) is 14.3 Å². The van der Waals surface area contributed by atoms with E-state index in [0.29, 0.717) is 15.6 Å². The van der Waals surface area contributed by atoms with Crippen LogP contribution in [0.5, 0.6) is 0 Å². The molecule has 2 heterocycles. The first kappa shape index (κ1) is 17.6. The van der Waals surface area contributed by atoms with Gasteiger partial charge in [-0.15, -0.1) is 10.2 Å². The van der Waals surface area contributed by atoms with Gasteiger partial charge in [-0.1, -0.05) is 23.1 Å². The van der Waals surface area contributed by atoms with E-state index in [2.05, 4.69) is 10.2 Å². The van der Waals surface area contributed by atoms with Crippen molar-refractivity contribution >= 4 is 46.6 Å². The molecule has 1 aromatic heterocycles. The third-order valence-corrected chi connectivity index (χ3v) is 5.60. The summed E-state index contributed by atoms with van der Waals surface area (Å²) in [5, 5.41) is 8.20. The molecule has 0 unspecified atom stereocenters. The minimum atomic E-state index is -0.510. The van der Waals surface area contributed by atoms with E-state index in [-0.39, 0.29) is 24.8 Å². The van der Waals surface area contributed by atoms with Crippen molar-refractivity contribution in [1.29, 1.82) is 0 Å². The second kappa shape index (κ2) is 7.32. The van der Waals surface area contributed by atoms with Crippen LogP contribution in [-0.4, -0.2) is 39.8 Å². The summed E-state index contributed by atoms with van der Waals surface area (Å²) in [5.74, 6) is -0.993. The van der Waals surface area contributed by atoms with Crippen LogP contribution in [0, 0.1) is 6.92 Å². The van der Waals surface area contributed by atoms with E-state index in [1.807, 2.05) is 6.92 Å². The molecule has 2 amide bonds. The lowest BCUT2D eigenvalue weighted by Crippen LogP contribution is -2.31. The number of hydrogen-bond donors (Lipinski definition) is 0. The molecule has 1 aliphatic heterocycles. The molecule has 0 bridgehead atoms. The maximum Gasteiger partial charge on any atom is 0.338 e. The van der Waals surface area contributed by atoms with Crippen molar-refractivity contribution in [2.24, 2.45) is 0 Å². The zero-order chi connectivity index (χ0) is 18.0. The van der Waals surface area contributed by atoms with E-state index in [1.165, 1.54) is 23.1 Å². The smallest absolute Gasteiger partial charge is 0.338 e. The van der Waals surface area contributed by atoms with Gasteiger partial charge in [-0.2, -0.15) is 0 Å². The Morgan fingerprint density at radius 3 is 2.64 bits per heavy atom. The zero-order valence-corrected chi connectivity index (χ0v) is 15.2. The topological polar surface area (TPSA) is 89.5 Å². The van der Waals surface area contributed by atoms with Crippen molar-refractivity contribution in [2.45, 2.75) is 29.9 Å². The number of nitrogens with zero attached hydrogens (tertiary/aromatic N) is 3. The Morgan fingerprint density at radius 1 is 1.32 bits per heavy atom. The molecule has 1 aliphatic rings. The zero-order valence-electron chi connectivity index (χ0n) is 13.6. The summed E-state index contributed by atoms with van der Waals surface area (Å²) >= 11 is 2.65. The number of carbonyl (C=O) groups excluding carboxylic acids is 3. The number of carbonyl (C=O) groups is 3. The number of esters is 1. The molecule has 0 radical (unpaired) electrons. The van der Waals surface area contributed by atoms with Gasteiger partial charge >= 0.3 is 5.97 Å². The highest BCUT2D eigenvalue weighted by molar-refractivity contribution is 8.02. The molecule has 3 rings (SSSR count). The lowest BCUT2D eigenvalue weighted by Gasteiger charge is -2.15. The number of thioether (sulfide) groups is 1. The molecule has 2 aromatic rings. The number of anilines is 1. The standard InChI is InChI=1S/C16H15N3O4S2/c1-3-23-15(22)10-4-6-11(7-5-10)19-13(20)8-12(14(19)21)25-16-18-17-9(2)24-16/h4-7,12H,3,8H2,1-2H3/t12-/m0/s1. The number of rotatable bonds is 5. The maximum absolute atomic E-state index is 12.6. The largest absolute Gasteiger partial charge is 0.462 e. The fraction of sp³-hybridized carbons (Fsp3) is 0.312. The van der Waals surface area contributed by atoms with Crippen LogP contribution in [0.15, 0.2) is 28.6 Å². The molecule has 0 spiro atoms. The molecule has 7 nitrogen and oxygen atoms in total. The monoisotopic (exact) mass is 377 g/mol. The molecule has 0 N–H and O–H groups in total. The highest BCUT2D eigenvalue weighted by Crippen LogP contribution is 2.35. The summed E-state index contributed by atoms with van der Waals surface area (Å²) in [6.07, 6.45) is 0.113. The first-order valence-electron chi connectivity index (χ1n) is 7.60. The maximum atomic E-state index is 12.6. The minimum absolute atomic E-state index is 0.113. The number of benzene rings is 1. The summed E-state index contributed by atoms with van der Waals surface area (Å²) in [7, 11) is 0. The Hall–Kier alpha value is -2.26. The molecule has 130 valence electrons. The van der Waals surface area contributed by atoms with Gasteiger partial charge in [-0.05, 0) is 38.1 Å². The summed E-state index contributed by atoms with van der Waals surface area (Å²) in [4.78, 5) is 37.7. The molecule has 1 saturated heterocycles. The second-order valence-electron chi connectivity index (χ2n) is 5.23. The van der Waals surface area contributed by atoms with Crippen molar-refractivity contribution < 1.29 is 19.1 Å². The van der Waals surface area contributed by atoms with Gasteiger partial charge in [-0.25, -0.2) is 9.69 Å². The van der Waals surface area contributed by atoms with E-state index in [0.717, 1.165) is 9.91 Å². The summed E-state index contributed by atoms with van der Waals surface area (Å²) in [6, 6.07) is 6.24. The molecular formula is C16H15N3O4S2. The molecule has 0 saturated carbocycles. The number of aryl methyl sites for hydroxylation is 1. The number of ether oxygens (including phenoxy) is 1. The van der Waals surface area contributed by atoms with Crippen LogP contribution in [0.25, 0.3) is 0 Å². The second-order valence-corrected chi connectivity index (χ2v) is 7.86. The Balaban J connectivity index is 1.74. The van der Waals surface area contributed by atoms with E-state index >= 15 is 0 Å². The summed E-state index contributed by atoms with van der Waals surface area (Å²) in [6.45, 7) is 3.85. The van der Waals surface area contributed by atoms with Gasteiger partial charge in [0, 0.05) is 6.42 Å². The third kappa shape index (κ3) is 3.72. The fourth-order valence-corrected chi connectivity index (χ4v) is 4.46. The predicted octanol–water partition coefficient (Wildman–Crippen LogP) is 2.45. The Bertz CT molecular complexity index is 819. The van der Waals surface area contributed by atoms with Gasteiger partial charge in [-0.3, -0.25) is 9.59 Å². The average molecular weight is 377 g/mol. The van der Waals surface area contributed by atoms with Gasteiger partial charge in [0.2, 0.25) is 11.8 Å². The normalized spacial score (nSPS) is 17.2. The number of imide groups is 1. The van der Waals surface area contributed by atoms with Crippen LogP contribution >= 0.6 is 23.1 Å². The van der Waals surface area contributed by atoms with Crippen molar-refractivity contribution in [1.82, 2.24) is 10.2 Å². The van der Waals surface area contributed by atoms with Crippen molar-refractivity contribution in [3.63, 3.8) is 0 Å². The molecular weight excluding hydrogens is 362 g/mol. The van der Waals surface area contributed by atoms with Crippen LogP contribution in [0.3, 0.4) is 0 Å². The quantitative estimate of drug-likeness (QED) is 0.584. The Labute approximate surface area is 152 Å². The van der Waals surface area contributed by atoms with Gasteiger partial charge in [0.1, 0.15) is 10.3 Å². The fourth-order valence-electron chi connectivity index (χ4n) is 2.38. The highest BCUT2D eigenvalue weighted by atomic mass is 32.2. The van der Waals surface area contributed by atoms with Crippen LogP contribution < -0.4 is 4.90 Å². The number of aromatic nitrogens is 2. The van der Waals surface area contributed by atoms with Gasteiger partial charge < -0.3 is 4.74 Å². The average Bonchev–Trinajstić information content (AvgIpc) is 3.11. The first-order valence-corrected chi connectivity index (χ1v) is 9.30. The van der Waals surface area contributed by atoms with Crippen molar-refractivity contribution in [3.05, 3.63) is 34.8 Å². The number of hydrogen-bond acceptors (Lipinski definition) is 8. The predicted molar refractivity (Wildman–Crippen MR) is 93.8 cm³/mol. The minimum Gasteiger partial charge on any atom is -0.462 e. The van der Waals surface area contributed by atoms with Crippen LogP contribution in [0.2, 0.25) is 0 Å². The molecule has 1 atom stereocenters. The lowest BCUT2D eigenvalue weighted by atomic mass is 10.2. The van der Waals surface area contributed by atoms with Crippen molar-refractivity contribution in [2.75, 3.05) is 11.5 Å². The number of amides is 2. The molecule has 0 aliphatic carbocycles. The molecule has 25 heavy (non-hydrogen) atoms. The molecule has 1 fully saturated rings. The van der Waals surface area contributed by atoms with Crippen LogP contribution in [0.1, 0.15) is 28.7 Å². The van der Waals surface area contributed by atoms with Gasteiger partial charge in [0.15, 0.2) is 4.34 Å². The Kier molecular flexibility index (Phi) is 5.14. The lowest BCUT2D eigenvalue weighted by molar-refractivity contribution is -0.121. The van der Waals surface area contributed by atoms with E-state index in [4.69, 9.17) is 4.74 Å². The van der Waals surface area contributed by atoms with Gasteiger partial charge in [0.25, 0.3) is 0 Å². The first-order chi connectivity index (χ1) is 12.0. The Morgan fingerprint density at radius 2 is 2.04 bits per heavy atom.